The molecule has 0 aliphatic carbocycles. The van der Waals surface area contributed by atoms with Crippen LogP contribution in [0.25, 0.3) is 6.08 Å². The molecule has 0 fully saturated rings. The quantitative estimate of drug-likeness (QED) is 0.313. The van der Waals surface area contributed by atoms with Crippen LogP contribution < -0.4 is 9.47 Å². The number of hydrogen-bond acceptors (Lipinski definition) is 7. The van der Waals surface area contributed by atoms with Crippen LogP contribution >= 0.6 is 0 Å². The van der Waals surface area contributed by atoms with Gasteiger partial charge < -0.3 is 29.9 Å². The third-order valence-corrected chi connectivity index (χ3v) is 3.94. The average molecular weight is 386 g/mol. The highest BCUT2D eigenvalue weighted by Gasteiger charge is 2.14. The summed E-state index contributed by atoms with van der Waals surface area (Å²) >= 11 is 0. The first-order valence-electron chi connectivity index (χ1n) is 8.37. The number of aliphatic hydroxyl groups excluding tert-OH is 2. The van der Waals surface area contributed by atoms with E-state index in [0.29, 0.717) is 11.1 Å². The lowest BCUT2D eigenvalue weighted by Crippen LogP contribution is -2.05. The van der Waals surface area contributed by atoms with Crippen molar-refractivity contribution in [3.8, 4) is 23.0 Å². The molecule has 4 N–H and O–H groups in total. The van der Waals surface area contributed by atoms with Crippen molar-refractivity contribution in [1.29, 1.82) is 0 Å². The Balaban J connectivity index is 2.03. The van der Waals surface area contributed by atoms with Gasteiger partial charge in [0.2, 0.25) is 0 Å². The van der Waals surface area contributed by atoms with Crippen LogP contribution in [0.5, 0.6) is 23.0 Å². The van der Waals surface area contributed by atoms with E-state index in [1.165, 1.54) is 44.6 Å². The normalized spacial score (nSPS) is 12.8. The molecule has 148 valence electrons. The molecule has 0 bridgehead atoms. The molecule has 0 saturated heterocycles. The molecule has 0 aliphatic heterocycles. The van der Waals surface area contributed by atoms with Gasteiger partial charge in [-0.3, -0.25) is 4.79 Å². The summed E-state index contributed by atoms with van der Waals surface area (Å²) in [5.74, 6) is -0.367. The Labute approximate surface area is 162 Å². The maximum atomic E-state index is 12.1. The lowest BCUT2D eigenvalue weighted by atomic mass is 10.0. The zero-order valence-corrected chi connectivity index (χ0v) is 15.5. The Bertz CT molecular complexity index is 900. The molecule has 0 spiro atoms. The van der Waals surface area contributed by atoms with E-state index in [4.69, 9.17) is 9.47 Å². The molecule has 2 rings (SSSR count). The zero-order valence-electron chi connectivity index (χ0n) is 15.5. The van der Waals surface area contributed by atoms with Crippen molar-refractivity contribution in [3.05, 3.63) is 65.4 Å². The number of rotatable bonds is 8. The fourth-order valence-corrected chi connectivity index (χ4v) is 2.46. The Morgan fingerprint density at radius 1 is 1.04 bits per heavy atom. The summed E-state index contributed by atoms with van der Waals surface area (Å²) in [4.78, 5) is 12.1. The topological polar surface area (TPSA) is 116 Å². The minimum atomic E-state index is -1.11. The summed E-state index contributed by atoms with van der Waals surface area (Å²) in [7, 11) is 2.81. The number of phenols is 2. The second-order valence-corrected chi connectivity index (χ2v) is 5.95. The molecule has 7 heteroatoms. The molecule has 0 saturated carbocycles. The van der Waals surface area contributed by atoms with Gasteiger partial charge in [0.05, 0.1) is 20.3 Å². The monoisotopic (exact) mass is 386 g/mol. The Hall–Kier alpha value is -3.45. The van der Waals surface area contributed by atoms with E-state index < -0.39 is 11.9 Å². The third kappa shape index (κ3) is 5.52. The number of benzene rings is 2. The van der Waals surface area contributed by atoms with Crippen molar-refractivity contribution in [2.75, 3.05) is 14.2 Å². The second kappa shape index (κ2) is 9.48. The van der Waals surface area contributed by atoms with Gasteiger partial charge >= 0.3 is 0 Å². The van der Waals surface area contributed by atoms with Crippen LogP contribution in [0.2, 0.25) is 0 Å². The average Bonchev–Trinajstić information content (AvgIpc) is 2.67. The van der Waals surface area contributed by atoms with Gasteiger partial charge in [0.1, 0.15) is 5.76 Å². The van der Waals surface area contributed by atoms with E-state index in [1.54, 1.807) is 18.2 Å². The Morgan fingerprint density at radius 3 is 2.29 bits per heavy atom. The first-order chi connectivity index (χ1) is 13.3. The number of carbonyl (C=O) groups is 1. The highest BCUT2D eigenvalue weighted by atomic mass is 16.5. The number of ketones is 1. The Kier molecular flexibility index (Phi) is 7.06. The van der Waals surface area contributed by atoms with Gasteiger partial charge in [-0.05, 0) is 41.5 Å². The number of carbonyl (C=O) groups excluding carboxylic acids is 1. The van der Waals surface area contributed by atoms with Crippen LogP contribution in [0.1, 0.15) is 23.7 Å². The van der Waals surface area contributed by atoms with E-state index in [1.807, 2.05) is 0 Å². The van der Waals surface area contributed by atoms with Crippen molar-refractivity contribution in [2.45, 2.75) is 12.5 Å². The summed E-state index contributed by atoms with van der Waals surface area (Å²) in [6, 6.07) is 8.93. The van der Waals surface area contributed by atoms with Crippen molar-refractivity contribution in [2.24, 2.45) is 0 Å². The van der Waals surface area contributed by atoms with E-state index in [9.17, 15) is 25.2 Å². The molecular weight excluding hydrogens is 364 g/mol. The van der Waals surface area contributed by atoms with Crippen LogP contribution in [0.15, 0.2) is 54.3 Å². The van der Waals surface area contributed by atoms with Gasteiger partial charge in [-0.1, -0.05) is 18.2 Å². The number of ether oxygens (including phenoxy) is 2. The summed E-state index contributed by atoms with van der Waals surface area (Å²) in [5, 5.41) is 39.2. The second-order valence-electron chi connectivity index (χ2n) is 5.95. The molecular formula is C21H22O7. The number of hydrogen-bond donors (Lipinski definition) is 4. The molecule has 28 heavy (non-hydrogen) atoms. The van der Waals surface area contributed by atoms with Crippen molar-refractivity contribution in [3.63, 3.8) is 0 Å². The van der Waals surface area contributed by atoms with Gasteiger partial charge in [0.25, 0.3) is 0 Å². The number of aromatic hydroxyl groups is 2. The summed E-state index contributed by atoms with van der Waals surface area (Å²) < 4.78 is 9.97. The maximum absolute atomic E-state index is 12.1. The minimum Gasteiger partial charge on any atom is -0.508 e. The molecule has 1 atom stereocenters. The number of phenolic OH excluding ortho intramolecular Hbond substituents is 2. The van der Waals surface area contributed by atoms with Crippen molar-refractivity contribution in [1.82, 2.24) is 0 Å². The van der Waals surface area contributed by atoms with Gasteiger partial charge in [-0.2, -0.15) is 0 Å². The molecule has 0 amide bonds. The molecule has 0 heterocycles. The van der Waals surface area contributed by atoms with Crippen molar-refractivity contribution >= 4 is 11.9 Å². The number of methoxy groups -OCH3 is 2. The summed E-state index contributed by atoms with van der Waals surface area (Å²) in [5.41, 5.74) is 1.06. The fourth-order valence-electron chi connectivity index (χ4n) is 2.46. The predicted octanol–water partition coefficient (Wildman–Crippen LogP) is 3.26. The molecule has 2 aromatic carbocycles. The highest BCUT2D eigenvalue weighted by molar-refractivity contribution is 5.91. The van der Waals surface area contributed by atoms with Gasteiger partial charge in [-0.25, -0.2) is 0 Å². The fraction of sp³-hybridized carbons (Fsp3) is 0.190. The van der Waals surface area contributed by atoms with Crippen LogP contribution in [-0.4, -0.2) is 40.4 Å². The largest absolute Gasteiger partial charge is 0.508 e. The number of allylic oxidation sites excluding steroid dienone is 2. The zero-order chi connectivity index (χ0) is 20.7. The van der Waals surface area contributed by atoms with E-state index in [2.05, 4.69) is 0 Å². The molecule has 0 aliphatic rings. The minimum absolute atomic E-state index is 0.00515. The van der Waals surface area contributed by atoms with Gasteiger partial charge in [0, 0.05) is 12.5 Å². The first-order valence-corrected chi connectivity index (χ1v) is 8.37. The summed E-state index contributed by atoms with van der Waals surface area (Å²) in [6.45, 7) is 0. The van der Waals surface area contributed by atoms with Crippen LogP contribution in [-0.2, 0) is 4.79 Å². The van der Waals surface area contributed by atoms with E-state index in [0.717, 1.165) is 6.08 Å². The van der Waals surface area contributed by atoms with Gasteiger partial charge in [0.15, 0.2) is 28.8 Å². The highest BCUT2D eigenvalue weighted by Crippen LogP contribution is 2.30. The molecule has 1 unspecified atom stereocenters. The van der Waals surface area contributed by atoms with Crippen molar-refractivity contribution < 1.29 is 34.7 Å². The van der Waals surface area contributed by atoms with E-state index >= 15 is 0 Å². The van der Waals surface area contributed by atoms with Crippen LogP contribution in [0, 0.1) is 0 Å². The smallest absolute Gasteiger partial charge is 0.162 e. The van der Waals surface area contributed by atoms with Crippen LogP contribution in [0.3, 0.4) is 0 Å². The SMILES string of the molecule is COc1cc(C=CC(O)=CC(=O)CC(O)c2ccc(O)c(OC)c2)ccc1O. The lowest BCUT2D eigenvalue weighted by Gasteiger charge is -2.11. The third-order valence-electron chi connectivity index (χ3n) is 3.94. The maximum Gasteiger partial charge on any atom is 0.162 e. The first kappa shape index (κ1) is 20.9. The lowest BCUT2D eigenvalue weighted by molar-refractivity contribution is -0.116. The summed E-state index contributed by atoms with van der Waals surface area (Å²) in [6.07, 6.45) is 2.51. The molecule has 7 nitrogen and oxygen atoms in total. The molecule has 0 aromatic heterocycles. The Morgan fingerprint density at radius 2 is 1.64 bits per heavy atom. The van der Waals surface area contributed by atoms with Crippen LogP contribution in [0.4, 0.5) is 0 Å². The standard InChI is InChI=1S/C21H22O7/c1-27-20-9-13(4-7-17(20)24)3-6-15(22)11-16(23)12-19(26)14-5-8-18(25)21(10-14)28-2/h3-11,19,22,24-26H,12H2,1-2H3. The van der Waals surface area contributed by atoms with Gasteiger partial charge in [-0.15, -0.1) is 0 Å². The molecule has 0 radical (unpaired) electrons. The molecule has 2 aromatic rings. The van der Waals surface area contributed by atoms with E-state index in [-0.39, 0.29) is 35.2 Å². The number of aliphatic hydroxyl groups is 2. The predicted molar refractivity (Wildman–Crippen MR) is 104 cm³/mol.